The number of hydrogen-bond acceptors (Lipinski definition) is 3. The van der Waals surface area contributed by atoms with Gasteiger partial charge in [0.15, 0.2) is 5.78 Å². The lowest BCUT2D eigenvalue weighted by molar-refractivity contribution is -0.112. The lowest BCUT2D eigenvalue weighted by Crippen LogP contribution is -2.24. The highest BCUT2D eigenvalue weighted by molar-refractivity contribution is 6.32. The van der Waals surface area contributed by atoms with Crippen LogP contribution in [0.3, 0.4) is 0 Å². The molecule has 0 amide bonds. The molecular formula is C21H19ClN2O2. The van der Waals surface area contributed by atoms with E-state index in [1.54, 1.807) is 22.8 Å². The number of fused-ring (bicyclic) bond motifs is 1. The zero-order chi connectivity index (χ0) is 19.0. The third kappa shape index (κ3) is 3.20. The summed E-state index contributed by atoms with van der Waals surface area (Å²) in [6.07, 6.45) is 3.05. The van der Waals surface area contributed by atoms with Crippen LogP contribution in [0.15, 0.2) is 41.2 Å². The predicted molar refractivity (Wildman–Crippen MR) is 106 cm³/mol. The van der Waals surface area contributed by atoms with Gasteiger partial charge < -0.3 is 0 Å². The number of hydrogen-bond donors (Lipinski definition) is 0. The van der Waals surface area contributed by atoms with Gasteiger partial charge in [-0.1, -0.05) is 29.8 Å². The van der Waals surface area contributed by atoms with Gasteiger partial charge in [0.2, 0.25) is 0 Å². The van der Waals surface area contributed by atoms with Crippen molar-refractivity contribution < 1.29 is 4.79 Å². The number of para-hydroxylation sites is 1. The second-order valence-corrected chi connectivity index (χ2v) is 6.78. The van der Waals surface area contributed by atoms with Gasteiger partial charge in [0, 0.05) is 5.02 Å². The Morgan fingerprint density at radius 1 is 1.15 bits per heavy atom. The Morgan fingerprint density at radius 3 is 2.42 bits per heavy atom. The molecule has 0 aliphatic rings. The first kappa shape index (κ1) is 18.1. The van der Waals surface area contributed by atoms with Gasteiger partial charge in [-0.05, 0) is 68.7 Å². The molecule has 0 radical (unpaired) electrons. The lowest BCUT2D eigenvalue weighted by atomic mass is 10.1. The molecule has 5 heteroatoms. The third-order valence-corrected chi connectivity index (χ3v) is 4.64. The van der Waals surface area contributed by atoms with Crippen molar-refractivity contribution in [3.63, 3.8) is 0 Å². The molecule has 0 aliphatic heterocycles. The number of halogens is 1. The normalized spacial score (nSPS) is 11.4. The second-order valence-electron chi connectivity index (χ2n) is 6.37. The Morgan fingerprint density at radius 2 is 1.81 bits per heavy atom. The first-order valence-corrected chi connectivity index (χ1v) is 8.65. The highest BCUT2D eigenvalue weighted by Gasteiger charge is 2.15. The maximum Gasteiger partial charge on any atom is 0.266 e. The molecule has 3 aromatic rings. The van der Waals surface area contributed by atoms with E-state index >= 15 is 0 Å². The fourth-order valence-corrected chi connectivity index (χ4v) is 3.31. The number of aryl methyl sites for hydroxylation is 3. The van der Waals surface area contributed by atoms with Gasteiger partial charge in [-0.2, -0.15) is 0 Å². The number of carbonyl (C=O) groups is 1. The van der Waals surface area contributed by atoms with Crippen LogP contribution in [0.1, 0.15) is 29.4 Å². The van der Waals surface area contributed by atoms with Crippen LogP contribution in [0, 0.1) is 20.8 Å². The Kier molecular flexibility index (Phi) is 4.79. The quantitative estimate of drug-likeness (QED) is 0.638. The molecule has 26 heavy (non-hydrogen) atoms. The predicted octanol–water partition coefficient (Wildman–Crippen LogP) is 4.57. The summed E-state index contributed by atoms with van der Waals surface area (Å²) in [6.45, 7) is 7.22. The number of aromatic nitrogens is 2. The van der Waals surface area contributed by atoms with E-state index in [0.29, 0.717) is 27.3 Å². The molecule has 3 rings (SSSR count). The van der Waals surface area contributed by atoms with Crippen molar-refractivity contribution in [1.82, 2.24) is 9.55 Å². The van der Waals surface area contributed by atoms with Crippen molar-refractivity contribution in [2.24, 2.45) is 0 Å². The summed E-state index contributed by atoms with van der Waals surface area (Å²) in [5.74, 6) is 0.513. The van der Waals surface area contributed by atoms with Crippen molar-refractivity contribution in [3.05, 3.63) is 74.3 Å². The van der Waals surface area contributed by atoms with Gasteiger partial charge in [0.1, 0.15) is 5.82 Å². The minimum absolute atomic E-state index is 0.0869. The molecule has 0 fully saturated rings. The lowest BCUT2D eigenvalue weighted by Gasteiger charge is -2.16. The minimum atomic E-state index is -0.154. The van der Waals surface area contributed by atoms with Crippen LogP contribution in [0.4, 0.5) is 0 Å². The van der Waals surface area contributed by atoms with E-state index < -0.39 is 0 Å². The van der Waals surface area contributed by atoms with Crippen LogP contribution in [0.25, 0.3) is 22.7 Å². The maximum absolute atomic E-state index is 13.2. The van der Waals surface area contributed by atoms with E-state index in [-0.39, 0.29) is 11.3 Å². The van der Waals surface area contributed by atoms with Crippen LogP contribution in [0.2, 0.25) is 5.02 Å². The zero-order valence-electron chi connectivity index (χ0n) is 15.1. The highest BCUT2D eigenvalue weighted by Crippen LogP contribution is 2.25. The summed E-state index contributed by atoms with van der Waals surface area (Å²) in [6, 6.07) is 9.27. The van der Waals surface area contributed by atoms with E-state index in [9.17, 15) is 9.59 Å². The van der Waals surface area contributed by atoms with Crippen LogP contribution in [-0.2, 0) is 4.79 Å². The van der Waals surface area contributed by atoms with E-state index in [0.717, 1.165) is 16.8 Å². The molecule has 4 nitrogen and oxygen atoms in total. The monoisotopic (exact) mass is 366 g/mol. The summed E-state index contributed by atoms with van der Waals surface area (Å²) in [7, 11) is 0. The largest absolute Gasteiger partial charge is 0.295 e. The first-order valence-electron chi connectivity index (χ1n) is 8.27. The number of allylic oxidation sites excluding steroid dienone is 1. The molecule has 2 aromatic carbocycles. The molecule has 0 saturated heterocycles. The number of nitrogens with zero attached hydrogens (tertiary/aromatic N) is 2. The molecule has 0 atom stereocenters. The van der Waals surface area contributed by atoms with Crippen molar-refractivity contribution >= 4 is 34.4 Å². The molecule has 0 spiro atoms. The molecule has 132 valence electrons. The molecule has 0 N–H and O–H groups in total. The molecule has 0 unspecified atom stereocenters. The number of benzene rings is 2. The molecule has 0 saturated carbocycles. The van der Waals surface area contributed by atoms with Gasteiger partial charge in [-0.3, -0.25) is 14.2 Å². The SMILES string of the molecule is CC(=O)/C=C/c1cc2c(=O)n(-c3c(C)cccc3C)c(C)nc2cc1Cl. The van der Waals surface area contributed by atoms with Crippen molar-refractivity contribution in [3.8, 4) is 5.69 Å². The number of carbonyl (C=O) groups excluding carboxylic acids is 1. The first-order chi connectivity index (χ1) is 12.3. The molecular weight excluding hydrogens is 348 g/mol. The Labute approximate surface area is 156 Å². The Hall–Kier alpha value is -2.72. The fourth-order valence-electron chi connectivity index (χ4n) is 3.09. The molecule has 0 aliphatic carbocycles. The summed E-state index contributed by atoms with van der Waals surface area (Å²) >= 11 is 6.29. The van der Waals surface area contributed by atoms with Crippen LogP contribution < -0.4 is 5.56 Å². The smallest absolute Gasteiger partial charge is 0.266 e. The summed E-state index contributed by atoms with van der Waals surface area (Å²) in [5.41, 5.74) is 3.85. The van der Waals surface area contributed by atoms with Crippen molar-refractivity contribution in [2.45, 2.75) is 27.7 Å². The van der Waals surface area contributed by atoms with E-state index in [1.807, 2.05) is 39.0 Å². The minimum Gasteiger partial charge on any atom is -0.295 e. The van der Waals surface area contributed by atoms with E-state index in [2.05, 4.69) is 4.98 Å². The van der Waals surface area contributed by atoms with Gasteiger partial charge in [0.05, 0.1) is 16.6 Å². The molecule has 1 aromatic heterocycles. The van der Waals surface area contributed by atoms with E-state index in [1.165, 1.54) is 13.0 Å². The summed E-state index contributed by atoms with van der Waals surface area (Å²) in [4.78, 5) is 29.0. The molecule has 0 bridgehead atoms. The van der Waals surface area contributed by atoms with Gasteiger partial charge in [-0.25, -0.2) is 4.98 Å². The zero-order valence-corrected chi connectivity index (χ0v) is 15.9. The Bertz CT molecular complexity index is 1110. The molecule has 1 heterocycles. The van der Waals surface area contributed by atoms with Crippen molar-refractivity contribution in [1.29, 1.82) is 0 Å². The highest BCUT2D eigenvalue weighted by atomic mass is 35.5. The average Bonchev–Trinajstić information content (AvgIpc) is 2.55. The second kappa shape index (κ2) is 6.89. The number of ketones is 1. The Balaban J connectivity index is 2.35. The van der Waals surface area contributed by atoms with Crippen LogP contribution in [-0.4, -0.2) is 15.3 Å². The standard InChI is InChI=1S/C21H19ClN2O2/c1-12-6-5-7-13(2)20(12)24-15(4)23-19-11-18(22)16(9-8-14(3)25)10-17(19)21(24)26/h5-11H,1-4H3/b9-8+. The van der Waals surface area contributed by atoms with Gasteiger partial charge in [0.25, 0.3) is 5.56 Å². The van der Waals surface area contributed by atoms with Crippen molar-refractivity contribution in [2.75, 3.05) is 0 Å². The topological polar surface area (TPSA) is 52.0 Å². The van der Waals surface area contributed by atoms with Gasteiger partial charge >= 0.3 is 0 Å². The fraction of sp³-hybridized carbons (Fsp3) is 0.190. The van der Waals surface area contributed by atoms with Crippen LogP contribution in [0.5, 0.6) is 0 Å². The third-order valence-electron chi connectivity index (χ3n) is 4.32. The van der Waals surface area contributed by atoms with Gasteiger partial charge in [-0.15, -0.1) is 0 Å². The van der Waals surface area contributed by atoms with E-state index in [4.69, 9.17) is 11.6 Å². The van der Waals surface area contributed by atoms with Crippen LogP contribution >= 0.6 is 11.6 Å². The summed E-state index contributed by atoms with van der Waals surface area (Å²) < 4.78 is 1.64. The summed E-state index contributed by atoms with van der Waals surface area (Å²) in [5, 5.41) is 0.914. The number of rotatable bonds is 3. The average molecular weight is 367 g/mol. The maximum atomic E-state index is 13.2.